The molecule has 0 unspecified atom stereocenters. The summed E-state index contributed by atoms with van der Waals surface area (Å²) in [5, 5.41) is 17.9. The Morgan fingerprint density at radius 3 is 0.962 bits per heavy atom. The second kappa shape index (κ2) is 50.9. The predicted molar refractivity (Wildman–Crippen MR) is 542 cm³/mol. The van der Waals surface area contributed by atoms with Crippen LogP contribution in [0.2, 0.25) is 0 Å². The molecule has 0 aliphatic rings. The molecule has 0 atom stereocenters. The van der Waals surface area contributed by atoms with Crippen molar-refractivity contribution in [3.05, 3.63) is 471 Å². The molecule has 0 bridgehead atoms. The molecule has 18 aromatic rings. The van der Waals surface area contributed by atoms with Gasteiger partial charge in [-0.15, -0.1) is 201 Å². The summed E-state index contributed by atoms with van der Waals surface area (Å²) in [4.78, 5) is 25.7. The third kappa shape index (κ3) is 29.7. The molecule has 6 aromatic heterocycles. The van der Waals surface area contributed by atoms with Crippen LogP contribution < -0.4 is 5.46 Å². The van der Waals surface area contributed by atoms with Gasteiger partial charge in [-0.25, -0.2) is 0 Å². The fourth-order valence-electron chi connectivity index (χ4n) is 12.8. The third-order valence-electron chi connectivity index (χ3n) is 19.7. The van der Waals surface area contributed by atoms with Gasteiger partial charge in [0.2, 0.25) is 0 Å². The van der Waals surface area contributed by atoms with Crippen molar-refractivity contribution in [3.8, 4) is 123 Å². The first-order valence-corrected chi connectivity index (χ1v) is 40.8. The Morgan fingerprint density at radius 2 is 0.600 bits per heavy atom. The summed E-state index contributed by atoms with van der Waals surface area (Å²) >= 11 is 3.29. The number of rotatable bonds is 12. The van der Waals surface area contributed by atoms with Gasteiger partial charge < -0.3 is 40.0 Å². The Morgan fingerprint density at radius 1 is 0.254 bits per heavy atom. The Hall–Kier alpha value is -12.7. The monoisotopic (exact) mass is 2140 g/mol. The number of pyridine rings is 6. The van der Waals surface area contributed by atoms with Crippen molar-refractivity contribution in [1.29, 1.82) is 0 Å². The van der Waals surface area contributed by atoms with Gasteiger partial charge in [0.05, 0.1) is 0 Å². The molecule has 2 N–H and O–H groups in total. The minimum atomic E-state index is -2.34. The van der Waals surface area contributed by atoms with Crippen LogP contribution in [0.4, 0.5) is 0 Å². The van der Waals surface area contributed by atoms with Gasteiger partial charge >= 0.3 is 47.3 Å². The largest absolute Gasteiger partial charge is 3.00 e. The van der Waals surface area contributed by atoms with E-state index in [1.165, 1.54) is 43.0 Å². The van der Waals surface area contributed by atoms with Crippen molar-refractivity contribution in [2.24, 2.45) is 0 Å². The minimum Gasteiger partial charge on any atom is -0.423 e. The fourth-order valence-corrected chi connectivity index (χ4v) is 13.2. The summed E-state index contributed by atoms with van der Waals surface area (Å²) in [5.74, 6) is 0. The van der Waals surface area contributed by atoms with Crippen molar-refractivity contribution in [3.63, 3.8) is 0 Å². The Bertz CT molecular complexity index is 7250. The van der Waals surface area contributed by atoms with Crippen LogP contribution in [0.25, 0.3) is 123 Å². The van der Waals surface area contributed by atoms with E-state index in [-0.39, 0.29) is 94.0 Å². The molecule has 0 aliphatic carbocycles. The quantitative estimate of drug-likeness (QED) is 0.0917. The van der Waals surface area contributed by atoms with E-state index in [1.54, 1.807) is 123 Å². The van der Waals surface area contributed by atoms with E-state index in [1.807, 2.05) is 216 Å². The van der Waals surface area contributed by atoms with Crippen LogP contribution in [0, 0.1) is 133 Å². The molecule has 0 saturated carbocycles. The minimum absolute atomic E-state index is 0. The maximum Gasteiger partial charge on any atom is 3.00 e. The summed E-state index contributed by atoms with van der Waals surface area (Å²) in [6.45, 7) is -6.14. The van der Waals surface area contributed by atoms with Crippen molar-refractivity contribution >= 4 is 28.5 Å². The topological polar surface area (TPSA) is 118 Å². The molecule has 130 heavy (non-hydrogen) atoms. The molecule has 0 radical (unpaired) electrons. The summed E-state index contributed by atoms with van der Waals surface area (Å²) in [7, 11) is -1.39. The number of nitrogens with zero attached hydrogens (tertiary/aromatic N) is 6. The molecule has 18 rings (SSSR count). The van der Waals surface area contributed by atoms with Gasteiger partial charge in [0.15, 0.2) is 0 Å². The summed E-state index contributed by atoms with van der Waals surface area (Å²) < 4.78 is 183. The van der Waals surface area contributed by atoms with Gasteiger partial charge in [-0.3, -0.25) is 0 Å². The molecule has 8 nitrogen and oxygen atoms in total. The van der Waals surface area contributed by atoms with E-state index in [9.17, 15) is 0 Å². The van der Waals surface area contributed by atoms with Gasteiger partial charge in [-0.05, 0) is 203 Å². The van der Waals surface area contributed by atoms with E-state index in [0.29, 0.717) is 65.8 Å². The van der Waals surface area contributed by atoms with Crippen LogP contribution in [-0.4, -0.2) is 47.1 Å². The number of aromatic nitrogens is 6. The van der Waals surface area contributed by atoms with Crippen LogP contribution in [-0.2, 0) is 40.2 Å². The maximum absolute atomic E-state index is 8.94. The van der Waals surface area contributed by atoms with Crippen LogP contribution in [0.5, 0.6) is 0 Å². The van der Waals surface area contributed by atoms with E-state index >= 15 is 0 Å². The molecule has 0 amide bonds. The van der Waals surface area contributed by atoms with Crippen LogP contribution in [0.3, 0.4) is 0 Å². The van der Waals surface area contributed by atoms with Gasteiger partial charge in [-0.1, -0.05) is 286 Å². The molecule has 652 valence electrons. The molecular formula is C118H110BBrIr2N6O2. The smallest absolute Gasteiger partial charge is 0.423 e. The summed E-state index contributed by atoms with van der Waals surface area (Å²) in [6.07, 6.45) is 9.11. The third-order valence-corrected chi connectivity index (χ3v) is 20.3. The van der Waals surface area contributed by atoms with Gasteiger partial charge in [0.25, 0.3) is 0 Å². The zero-order valence-corrected chi connectivity index (χ0v) is 77.1. The molecule has 12 aromatic carbocycles. The number of aryl methyl sites for hydroxylation is 14. The van der Waals surface area contributed by atoms with Crippen LogP contribution >= 0.6 is 15.9 Å². The first-order valence-electron chi connectivity index (χ1n) is 52.0. The SMILES string of the molecule is C.C.OB(O)c1ccc(-c2ccccc2)cc1.[2H]C([2H])([2H])c1c[c-]c(-c2ccc(C)cn2)cc1-c1ccc(-c2ccccc2)cc1.[2H]C([2H])([2H])c1c[c-]c(-c2ccc(C)cn2)cc1Br.[2H]C([2H])([2H])c1ccc(-c2[c-]cc(C)cc2)nc1.[2H]C([2H])([2H])c1ccc(-c2[c-]cc(C)cc2)nc1.[2H]C([2H])([2H])c1ccc(-c2cc(-c3[c-]cccc3)ncc2C([2H])([2H])[2H])c(C)c1.[2H]C([2H])([2H])c1ccc(-c2cc(-c3[c-]cccc3)ncc2C([2H])([2H])[2H])c(C)c1.[Ir+3].[Ir+3]. The maximum atomic E-state index is 8.94. The first kappa shape index (κ1) is 72.1. The van der Waals surface area contributed by atoms with Crippen molar-refractivity contribution < 1.29 is 83.2 Å². The zero-order chi connectivity index (χ0) is 109. The fraction of sp³-hybridized carbons (Fsp3) is 0.136. The first-order chi connectivity index (χ1) is 70.6. The molecule has 0 fully saturated rings. The van der Waals surface area contributed by atoms with Crippen molar-refractivity contribution in [2.45, 2.75) is 111 Å². The number of hydrogen-bond donors (Lipinski definition) is 2. The second-order valence-electron chi connectivity index (χ2n) is 29.3. The number of hydrogen-bond acceptors (Lipinski definition) is 8. The summed E-state index contributed by atoms with van der Waals surface area (Å²) in [6, 6.07) is 114. The Balaban J connectivity index is 0.000000220. The van der Waals surface area contributed by atoms with Crippen molar-refractivity contribution in [1.82, 2.24) is 29.9 Å². The molecule has 6 heterocycles. The molecular weight excluding hydrogens is 2010 g/mol. The second-order valence-corrected chi connectivity index (χ2v) is 30.1. The van der Waals surface area contributed by atoms with Crippen LogP contribution in [0.1, 0.15) is 126 Å². The van der Waals surface area contributed by atoms with E-state index < -0.39 is 61.9 Å². The molecule has 0 aliphatic heterocycles. The Kier molecular flexibility index (Phi) is 28.2. The Labute approximate surface area is 842 Å². The van der Waals surface area contributed by atoms with Crippen LogP contribution in [0.15, 0.2) is 357 Å². The average molecular weight is 2140 g/mol. The standard InChI is InChI=1S/C25H20N.2C20H18N.C13H11BrN.2C13H12N.C12H11BO2.2CH4.2Ir/c1-18-8-15-25(26-17-18)23-10-9-19(2)24(16-23)22-13-11-21(12-14-22)20-6-4-3-5-7-20;2*1-14-9-10-18(15(2)11-14)19-12-20(21-13-16(19)3)17-7-5-4-6-8-17;1-9-3-6-13(15-8-9)11-5-4-10(2)12(14)7-11;2*1-10-3-6-12(7-4-10)13-8-5-11(2)9-14-13;14-13(15)12-8-6-11(7-9-12)10-4-2-1-3-5-10;;;;/h3-9,11-17H,1-2H3;2*4-7,9-13H,1-3H3;3-4,6-8H,1-2H3;2*3-6,8-9H,1-2H3;1-9,14-15H;2*1H4;;/q6*-1;;;;2*+3/i2D3;2*1D3,3D3;3*2D3;;;;;. The normalized spacial score (nSPS) is 13.6. The van der Waals surface area contributed by atoms with Gasteiger partial charge in [0, 0.05) is 70.1 Å². The van der Waals surface area contributed by atoms with Gasteiger partial charge in [-0.2, -0.15) is 0 Å². The molecule has 0 spiro atoms. The zero-order valence-electron chi connectivity index (χ0n) is 94.7. The van der Waals surface area contributed by atoms with E-state index in [2.05, 4.69) is 94.4 Å². The number of halogens is 1. The molecule has 0 saturated heterocycles. The van der Waals surface area contributed by atoms with E-state index in [0.717, 1.165) is 106 Å². The van der Waals surface area contributed by atoms with Gasteiger partial charge in [0.1, 0.15) is 0 Å². The predicted octanol–water partition coefficient (Wildman–Crippen LogP) is 29.3. The number of benzene rings is 12. The molecule has 12 heteroatoms. The van der Waals surface area contributed by atoms with E-state index in [4.69, 9.17) is 42.9 Å². The summed E-state index contributed by atoms with van der Waals surface area (Å²) in [5.41, 5.74) is 25.5. The average Bonchev–Trinajstić information content (AvgIpc) is 0.741. The van der Waals surface area contributed by atoms with Crippen molar-refractivity contribution in [2.75, 3.05) is 0 Å².